The number of benzene rings is 2. The van der Waals surface area contributed by atoms with Gasteiger partial charge in [0, 0.05) is 11.7 Å². The number of aliphatic hydroxyl groups is 1. The van der Waals surface area contributed by atoms with E-state index >= 15 is 0 Å². The van der Waals surface area contributed by atoms with E-state index in [0.29, 0.717) is 29.8 Å². The molecule has 3 rings (SSSR count). The van der Waals surface area contributed by atoms with Crippen molar-refractivity contribution >= 4 is 23.6 Å². The average Bonchev–Trinajstić information content (AvgIpc) is 2.82. The fourth-order valence-electron chi connectivity index (χ4n) is 4.35. The van der Waals surface area contributed by atoms with Crippen molar-refractivity contribution in [3.8, 4) is 5.75 Å². The minimum atomic E-state index is -1.27. The van der Waals surface area contributed by atoms with Crippen LogP contribution >= 0.6 is 0 Å². The summed E-state index contributed by atoms with van der Waals surface area (Å²) in [6.07, 6.45) is 1.53. The summed E-state index contributed by atoms with van der Waals surface area (Å²) in [5.74, 6) is -0.281. The smallest absolute Gasteiger partial charge is 0.408 e. The zero-order valence-corrected chi connectivity index (χ0v) is 23.0. The van der Waals surface area contributed by atoms with Gasteiger partial charge in [-0.3, -0.25) is 9.59 Å². The molecule has 0 bridgehead atoms. The number of aliphatic hydroxyl groups excluding tert-OH is 1. The number of rotatable bonds is 9. The summed E-state index contributed by atoms with van der Waals surface area (Å²) >= 11 is 0. The summed E-state index contributed by atoms with van der Waals surface area (Å²) in [5.41, 5.74) is 2.26. The van der Waals surface area contributed by atoms with Crippen molar-refractivity contribution in [3.05, 3.63) is 59.2 Å². The molecule has 9 nitrogen and oxygen atoms in total. The monoisotopic (exact) mass is 525 g/mol. The van der Waals surface area contributed by atoms with E-state index in [2.05, 4.69) is 10.6 Å². The molecule has 0 saturated heterocycles. The lowest BCUT2D eigenvalue weighted by atomic mass is 9.87. The highest BCUT2D eigenvalue weighted by Gasteiger charge is 2.42. The van der Waals surface area contributed by atoms with E-state index in [9.17, 15) is 19.5 Å². The highest BCUT2D eigenvalue weighted by atomic mass is 16.6. The van der Waals surface area contributed by atoms with E-state index < -0.39 is 42.2 Å². The Bertz CT molecular complexity index is 1140. The Morgan fingerprint density at radius 3 is 2.26 bits per heavy atom. The lowest BCUT2D eigenvalue weighted by Gasteiger charge is -2.43. The largest absolute Gasteiger partial charge is 0.497 e. The maximum Gasteiger partial charge on any atom is 0.408 e. The molecule has 0 aliphatic heterocycles. The van der Waals surface area contributed by atoms with E-state index in [1.165, 1.54) is 4.90 Å². The third-order valence-electron chi connectivity index (χ3n) is 6.51. The van der Waals surface area contributed by atoms with Crippen LogP contribution in [-0.4, -0.2) is 59.3 Å². The van der Waals surface area contributed by atoms with Gasteiger partial charge in [0.2, 0.25) is 5.91 Å². The van der Waals surface area contributed by atoms with Gasteiger partial charge in [-0.25, -0.2) is 4.79 Å². The fourth-order valence-corrected chi connectivity index (χ4v) is 4.35. The highest BCUT2D eigenvalue weighted by molar-refractivity contribution is 5.99. The van der Waals surface area contributed by atoms with Crippen LogP contribution in [0, 0.1) is 13.8 Å². The molecule has 1 saturated carbocycles. The van der Waals surface area contributed by atoms with Gasteiger partial charge in [0.25, 0.3) is 5.91 Å². The van der Waals surface area contributed by atoms with Crippen molar-refractivity contribution < 1.29 is 29.0 Å². The second-order valence-electron chi connectivity index (χ2n) is 10.7. The van der Waals surface area contributed by atoms with Crippen molar-refractivity contribution in [3.63, 3.8) is 0 Å². The van der Waals surface area contributed by atoms with Gasteiger partial charge in [-0.2, -0.15) is 0 Å². The molecule has 0 aromatic heterocycles. The van der Waals surface area contributed by atoms with Crippen molar-refractivity contribution in [1.29, 1.82) is 0 Å². The Morgan fingerprint density at radius 2 is 1.74 bits per heavy atom. The molecule has 1 aliphatic rings. The summed E-state index contributed by atoms with van der Waals surface area (Å²) in [6.45, 7) is 8.32. The molecular weight excluding hydrogens is 486 g/mol. The third kappa shape index (κ3) is 7.25. The second kappa shape index (κ2) is 12.3. The molecule has 2 aromatic carbocycles. The molecule has 38 heavy (non-hydrogen) atoms. The van der Waals surface area contributed by atoms with Gasteiger partial charge in [0.05, 0.1) is 13.7 Å². The van der Waals surface area contributed by atoms with E-state index in [0.717, 1.165) is 17.5 Å². The number of aryl methyl sites for hydroxylation is 2. The van der Waals surface area contributed by atoms with Gasteiger partial charge >= 0.3 is 6.09 Å². The summed E-state index contributed by atoms with van der Waals surface area (Å²) in [7, 11) is 1.56. The van der Waals surface area contributed by atoms with Crippen LogP contribution in [0.15, 0.2) is 42.5 Å². The average molecular weight is 526 g/mol. The number of amides is 3. The number of hydrogen-bond acceptors (Lipinski definition) is 6. The molecule has 2 unspecified atom stereocenters. The van der Waals surface area contributed by atoms with Gasteiger partial charge in [-0.05, 0) is 89.3 Å². The van der Waals surface area contributed by atoms with Crippen LogP contribution in [0.25, 0.3) is 0 Å². The molecule has 1 fully saturated rings. The number of alkyl carbamates (subject to hydrolysis) is 1. The first kappa shape index (κ1) is 29.0. The lowest BCUT2D eigenvalue weighted by molar-refractivity contribution is -0.146. The molecule has 3 amide bonds. The van der Waals surface area contributed by atoms with Crippen molar-refractivity contribution in [2.24, 2.45) is 0 Å². The number of carbonyl (C=O) groups is 3. The molecule has 2 atom stereocenters. The lowest BCUT2D eigenvalue weighted by Crippen LogP contribution is -2.58. The summed E-state index contributed by atoms with van der Waals surface area (Å²) < 4.78 is 10.5. The van der Waals surface area contributed by atoms with Gasteiger partial charge in [-0.1, -0.05) is 23.8 Å². The van der Waals surface area contributed by atoms with Gasteiger partial charge in [-0.15, -0.1) is 0 Å². The van der Waals surface area contributed by atoms with Crippen LogP contribution in [0.2, 0.25) is 0 Å². The Balaban J connectivity index is 2.01. The zero-order chi connectivity index (χ0) is 28.0. The number of anilines is 1. The van der Waals surface area contributed by atoms with E-state index in [1.54, 1.807) is 52.1 Å². The van der Waals surface area contributed by atoms with Crippen molar-refractivity contribution in [2.75, 3.05) is 19.0 Å². The molecule has 9 heteroatoms. The molecule has 2 aromatic rings. The maximum atomic E-state index is 14.0. The Kier molecular flexibility index (Phi) is 9.38. The number of nitrogens with one attached hydrogen (secondary N) is 2. The first-order valence-corrected chi connectivity index (χ1v) is 12.9. The SMILES string of the molecule is COc1ccc(NC(=O)C(c2cc(C)ccc2C)N(C(=O)C(CO)NC(=O)OC(C)(C)C)C2CCC2)cc1. The van der Waals surface area contributed by atoms with Crippen LogP contribution in [0.3, 0.4) is 0 Å². The summed E-state index contributed by atoms with van der Waals surface area (Å²) in [5, 5.41) is 15.5. The maximum absolute atomic E-state index is 14.0. The molecule has 0 spiro atoms. The van der Waals surface area contributed by atoms with Crippen LogP contribution in [0.5, 0.6) is 5.75 Å². The number of nitrogens with zero attached hydrogens (tertiary/aromatic N) is 1. The molecule has 206 valence electrons. The standard InChI is InChI=1S/C29H39N3O6/c1-18-10-11-19(2)23(16-18)25(26(34)30-20-12-14-22(37-6)15-13-20)32(21-8-7-9-21)27(35)24(17-33)31-28(36)38-29(3,4)5/h10-16,21,24-25,33H,7-9,17H2,1-6H3,(H,30,34)(H,31,36). The Morgan fingerprint density at radius 1 is 1.08 bits per heavy atom. The van der Waals surface area contributed by atoms with E-state index in [-0.39, 0.29) is 6.04 Å². The number of carbonyl (C=O) groups excluding carboxylic acids is 3. The van der Waals surface area contributed by atoms with Crippen LogP contribution < -0.4 is 15.4 Å². The highest BCUT2D eigenvalue weighted by Crippen LogP contribution is 2.36. The number of hydrogen-bond donors (Lipinski definition) is 3. The molecule has 0 heterocycles. The fraction of sp³-hybridized carbons (Fsp3) is 0.483. The number of methoxy groups -OCH3 is 1. The second-order valence-corrected chi connectivity index (χ2v) is 10.7. The first-order valence-electron chi connectivity index (χ1n) is 12.9. The first-order chi connectivity index (χ1) is 17.9. The Hall–Kier alpha value is -3.59. The third-order valence-corrected chi connectivity index (χ3v) is 6.51. The van der Waals surface area contributed by atoms with Gasteiger partial charge in [0.15, 0.2) is 0 Å². The van der Waals surface area contributed by atoms with Crippen LogP contribution in [0.4, 0.5) is 10.5 Å². The quantitative estimate of drug-likeness (QED) is 0.450. The molecule has 3 N–H and O–H groups in total. The van der Waals surface area contributed by atoms with Gasteiger partial charge < -0.3 is 30.1 Å². The summed E-state index contributed by atoms with van der Waals surface area (Å²) in [4.78, 5) is 41.9. The molecule has 1 aliphatic carbocycles. The van der Waals surface area contributed by atoms with Crippen LogP contribution in [0.1, 0.15) is 62.8 Å². The van der Waals surface area contributed by atoms with Crippen molar-refractivity contribution in [1.82, 2.24) is 10.2 Å². The predicted molar refractivity (Wildman–Crippen MR) is 145 cm³/mol. The minimum Gasteiger partial charge on any atom is -0.497 e. The molecular formula is C29H39N3O6. The van der Waals surface area contributed by atoms with E-state index in [4.69, 9.17) is 9.47 Å². The van der Waals surface area contributed by atoms with Crippen molar-refractivity contribution in [2.45, 2.75) is 77.6 Å². The van der Waals surface area contributed by atoms with Gasteiger partial charge in [0.1, 0.15) is 23.4 Å². The topological polar surface area (TPSA) is 117 Å². The normalized spacial score (nSPS) is 15.0. The minimum absolute atomic E-state index is 0.219. The predicted octanol–water partition coefficient (Wildman–Crippen LogP) is 4.26. The van der Waals surface area contributed by atoms with E-state index in [1.807, 2.05) is 32.0 Å². The summed E-state index contributed by atoms with van der Waals surface area (Å²) in [6, 6.07) is 10.2. The number of ether oxygens (including phenoxy) is 2. The van der Waals surface area contributed by atoms with Crippen LogP contribution in [-0.2, 0) is 14.3 Å². The Labute approximate surface area is 224 Å². The zero-order valence-electron chi connectivity index (χ0n) is 23.0. The molecule has 0 radical (unpaired) electrons.